The summed E-state index contributed by atoms with van der Waals surface area (Å²) in [5, 5.41) is 7.03. The lowest BCUT2D eigenvalue weighted by Crippen LogP contribution is -2.38. The number of hydrogen-bond acceptors (Lipinski definition) is 4. The number of carbonyl (C=O) groups is 2. The number of methoxy groups -OCH3 is 1. The zero-order valence-corrected chi connectivity index (χ0v) is 11.7. The van der Waals surface area contributed by atoms with E-state index in [1.807, 2.05) is 11.4 Å². The lowest BCUT2D eigenvalue weighted by Gasteiger charge is -2.15. The number of thiophene rings is 1. The van der Waals surface area contributed by atoms with Crippen molar-refractivity contribution >= 4 is 23.3 Å². The lowest BCUT2D eigenvalue weighted by atomic mass is 10.2. The number of amides is 2. The Bertz CT molecular complexity index is 433. The van der Waals surface area contributed by atoms with Gasteiger partial charge in [-0.05, 0) is 35.2 Å². The fourth-order valence-corrected chi connectivity index (χ4v) is 2.87. The summed E-state index contributed by atoms with van der Waals surface area (Å²) in [4.78, 5) is 24.7. The topological polar surface area (TPSA) is 58.6 Å². The monoisotopic (exact) mass is 282 g/mol. The number of likely N-dealkylation sites (tertiary alicyclic amines) is 1. The van der Waals surface area contributed by atoms with E-state index >= 15 is 0 Å². The summed E-state index contributed by atoms with van der Waals surface area (Å²) < 4.78 is 4.66. The highest BCUT2D eigenvalue weighted by molar-refractivity contribution is 7.07. The Morgan fingerprint density at radius 2 is 2.42 bits per heavy atom. The van der Waals surface area contributed by atoms with Crippen molar-refractivity contribution in [1.82, 2.24) is 10.2 Å². The SMILES string of the molecule is COC(=O)N1CC[C@H](NC(=O)CCc2ccsc2)C1. The predicted octanol–water partition coefficient (Wildman–Crippen LogP) is 1.64. The predicted molar refractivity (Wildman–Crippen MR) is 73.2 cm³/mol. The molecule has 0 radical (unpaired) electrons. The van der Waals surface area contributed by atoms with Crippen molar-refractivity contribution in [3.63, 3.8) is 0 Å². The first-order chi connectivity index (χ1) is 9.19. The Labute approximate surface area is 116 Å². The maximum absolute atomic E-state index is 11.8. The van der Waals surface area contributed by atoms with Crippen LogP contribution in [-0.2, 0) is 16.0 Å². The number of rotatable bonds is 4. The molecule has 0 aliphatic carbocycles. The minimum Gasteiger partial charge on any atom is -0.453 e. The summed E-state index contributed by atoms with van der Waals surface area (Å²) in [6, 6.07) is 2.08. The average molecular weight is 282 g/mol. The van der Waals surface area contributed by atoms with Gasteiger partial charge in [0.1, 0.15) is 0 Å². The van der Waals surface area contributed by atoms with Gasteiger partial charge in [-0.15, -0.1) is 0 Å². The van der Waals surface area contributed by atoms with Gasteiger partial charge < -0.3 is 15.0 Å². The molecule has 0 saturated carbocycles. The van der Waals surface area contributed by atoms with Crippen LogP contribution < -0.4 is 5.32 Å². The molecule has 5 nitrogen and oxygen atoms in total. The van der Waals surface area contributed by atoms with Crippen LogP contribution in [0.2, 0.25) is 0 Å². The first-order valence-electron chi connectivity index (χ1n) is 6.32. The number of nitrogens with one attached hydrogen (secondary N) is 1. The molecular formula is C13H18N2O3S. The second-order valence-corrected chi connectivity index (χ2v) is 5.38. The van der Waals surface area contributed by atoms with Crippen molar-refractivity contribution in [3.8, 4) is 0 Å². The fraction of sp³-hybridized carbons (Fsp3) is 0.538. The molecule has 19 heavy (non-hydrogen) atoms. The second-order valence-electron chi connectivity index (χ2n) is 4.60. The summed E-state index contributed by atoms with van der Waals surface area (Å²) in [6.07, 6.45) is 1.73. The van der Waals surface area contributed by atoms with E-state index in [9.17, 15) is 9.59 Å². The zero-order valence-electron chi connectivity index (χ0n) is 10.9. The molecule has 1 fully saturated rings. The largest absolute Gasteiger partial charge is 0.453 e. The van der Waals surface area contributed by atoms with Crippen molar-refractivity contribution in [2.24, 2.45) is 0 Å². The molecule has 2 heterocycles. The quantitative estimate of drug-likeness (QED) is 0.913. The normalized spacial score (nSPS) is 18.4. The molecule has 0 unspecified atom stereocenters. The number of hydrogen-bond donors (Lipinski definition) is 1. The van der Waals surface area contributed by atoms with Gasteiger partial charge in [0.05, 0.1) is 7.11 Å². The van der Waals surface area contributed by atoms with Gasteiger partial charge in [-0.3, -0.25) is 4.79 Å². The van der Waals surface area contributed by atoms with Crippen LogP contribution in [0.15, 0.2) is 16.8 Å². The van der Waals surface area contributed by atoms with Crippen molar-refractivity contribution < 1.29 is 14.3 Å². The maximum atomic E-state index is 11.8. The summed E-state index contributed by atoms with van der Waals surface area (Å²) in [7, 11) is 1.37. The number of carbonyl (C=O) groups excluding carboxylic acids is 2. The van der Waals surface area contributed by atoms with Gasteiger partial charge in [0.15, 0.2) is 0 Å². The first kappa shape index (κ1) is 13.9. The Morgan fingerprint density at radius 3 is 3.11 bits per heavy atom. The van der Waals surface area contributed by atoms with Crippen LogP contribution >= 0.6 is 11.3 Å². The first-order valence-corrected chi connectivity index (χ1v) is 7.26. The molecule has 1 atom stereocenters. The van der Waals surface area contributed by atoms with E-state index in [1.54, 1.807) is 16.2 Å². The van der Waals surface area contributed by atoms with Crippen molar-refractivity contribution in [2.75, 3.05) is 20.2 Å². The molecule has 1 N–H and O–H groups in total. The van der Waals surface area contributed by atoms with E-state index < -0.39 is 0 Å². The molecule has 1 aromatic rings. The summed E-state index contributed by atoms with van der Waals surface area (Å²) in [5.41, 5.74) is 1.20. The Balaban J connectivity index is 1.70. The molecule has 104 valence electrons. The summed E-state index contributed by atoms with van der Waals surface area (Å²) in [6.45, 7) is 1.18. The highest BCUT2D eigenvalue weighted by atomic mass is 32.1. The van der Waals surface area contributed by atoms with Gasteiger partial charge in [-0.2, -0.15) is 11.3 Å². The number of ether oxygens (including phenoxy) is 1. The summed E-state index contributed by atoms with van der Waals surface area (Å²) >= 11 is 1.64. The van der Waals surface area contributed by atoms with E-state index in [0.717, 1.165) is 12.8 Å². The Morgan fingerprint density at radius 1 is 1.58 bits per heavy atom. The van der Waals surface area contributed by atoms with Crippen molar-refractivity contribution in [3.05, 3.63) is 22.4 Å². The molecule has 0 spiro atoms. The van der Waals surface area contributed by atoms with Crippen molar-refractivity contribution in [2.45, 2.75) is 25.3 Å². The minimum absolute atomic E-state index is 0.0444. The molecular weight excluding hydrogens is 264 g/mol. The third-order valence-corrected chi connectivity index (χ3v) is 3.94. The molecule has 6 heteroatoms. The standard InChI is InChI=1S/C13H18N2O3S/c1-18-13(17)15-6-4-11(8-15)14-12(16)3-2-10-5-7-19-9-10/h5,7,9,11H,2-4,6,8H2,1H3,(H,14,16)/t11-/m0/s1. The third-order valence-electron chi connectivity index (χ3n) is 3.21. The summed E-state index contributed by atoms with van der Waals surface area (Å²) in [5.74, 6) is 0.0444. The highest BCUT2D eigenvalue weighted by Crippen LogP contribution is 2.11. The molecule has 2 rings (SSSR count). The number of nitrogens with zero attached hydrogens (tertiary/aromatic N) is 1. The Kier molecular flexibility index (Phi) is 4.79. The van der Waals surface area contributed by atoms with Crippen LogP contribution in [0.3, 0.4) is 0 Å². The smallest absolute Gasteiger partial charge is 0.409 e. The zero-order chi connectivity index (χ0) is 13.7. The molecule has 1 aromatic heterocycles. The van der Waals surface area contributed by atoms with Crippen LogP contribution in [-0.4, -0.2) is 43.1 Å². The van der Waals surface area contributed by atoms with Gasteiger partial charge in [0.25, 0.3) is 0 Å². The molecule has 0 aromatic carbocycles. The number of aryl methyl sites for hydroxylation is 1. The fourth-order valence-electron chi connectivity index (χ4n) is 2.17. The van der Waals surface area contributed by atoms with Gasteiger partial charge in [-0.25, -0.2) is 4.79 Å². The van der Waals surface area contributed by atoms with Gasteiger partial charge in [0, 0.05) is 25.6 Å². The lowest BCUT2D eigenvalue weighted by molar-refractivity contribution is -0.121. The average Bonchev–Trinajstić information content (AvgIpc) is 3.06. The van der Waals surface area contributed by atoms with Crippen LogP contribution in [0.25, 0.3) is 0 Å². The van der Waals surface area contributed by atoms with Crippen molar-refractivity contribution in [1.29, 1.82) is 0 Å². The van der Waals surface area contributed by atoms with Crippen LogP contribution in [0.1, 0.15) is 18.4 Å². The van der Waals surface area contributed by atoms with E-state index in [4.69, 9.17) is 0 Å². The maximum Gasteiger partial charge on any atom is 0.409 e. The van der Waals surface area contributed by atoms with E-state index in [-0.39, 0.29) is 18.0 Å². The van der Waals surface area contributed by atoms with Gasteiger partial charge >= 0.3 is 6.09 Å². The molecule has 1 saturated heterocycles. The molecule has 1 aliphatic heterocycles. The van der Waals surface area contributed by atoms with Crippen LogP contribution in [0.4, 0.5) is 4.79 Å². The van der Waals surface area contributed by atoms with Crippen LogP contribution in [0, 0.1) is 0 Å². The molecule has 2 amide bonds. The third kappa shape index (κ3) is 3.96. The van der Waals surface area contributed by atoms with Gasteiger partial charge in [0.2, 0.25) is 5.91 Å². The minimum atomic E-state index is -0.324. The van der Waals surface area contributed by atoms with E-state index in [2.05, 4.69) is 15.4 Å². The molecule has 0 bridgehead atoms. The second kappa shape index (κ2) is 6.56. The molecule has 1 aliphatic rings. The van der Waals surface area contributed by atoms with E-state index in [0.29, 0.717) is 19.5 Å². The van der Waals surface area contributed by atoms with Gasteiger partial charge in [-0.1, -0.05) is 0 Å². The van der Waals surface area contributed by atoms with E-state index in [1.165, 1.54) is 12.7 Å². The highest BCUT2D eigenvalue weighted by Gasteiger charge is 2.27. The van der Waals surface area contributed by atoms with Crippen LogP contribution in [0.5, 0.6) is 0 Å². The Hall–Kier alpha value is -1.56.